The summed E-state index contributed by atoms with van der Waals surface area (Å²) >= 11 is 0. The van der Waals surface area contributed by atoms with E-state index in [1.165, 1.54) is 19.3 Å². The van der Waals surface area contributed by atoms with Crippen molar-refractivity contribution in [3.8, 4) is 6.07 Å². The van der Waals surface area contributed by atoms with Gasteiger partial charge in [-0.25, -0.2) is 9.67 Å². The van der Waals surface area contributed by atoms with E-state index in [2.05, 4.69) is 40.2 Å². The number of rotatable bonds is 12. The molecule has 2 aromatic rings. The minimum atomic E-state index is -4.93. The van der Waals surface area contributed by atoms with Crippen molar-refractivity contribution in [1.82, 2.24) is 19.7 Å². The number of nitriles is 1. The third-order valence-corrected chi connectivity index (χ3v) is 8.32. The molecule has 0 saturated carbocycles. The monoisotopic (exact) mass is 622 g/mol. The first-order chi connectivity index (χ1) is 20.2. The molecule has 1 aliphatic heterocycles. The molecule has 3 heterocycles. The molecule has 2 atom stereocenters. The van der Waals surface area contributed by atoms with Crippen molar-refractivity contribution in [2.45, 2.75) is 64.5 Å². The molecule has 1 fully saturated rings. The normalized spacial score (nSPS) is 16.7. The van der Waals surface area contributed by atoms with E-state index in [9.17, 15) is 22.8 Å². The van der Waals surface area contributed by atoms with Gasteiger partial charge in [0.15, 0.2) is 6.61 Å². The van der Waals surface area contributed by atoms with Crippen molar-refractivity contribution < 1.29 is 27.5 Å². The Bertz CT molecular complexity index is 1370. The van der Waals surface area contributed by atoms with Gasteiger partial charge in [-0.3, -0.25) is 9.59 Å². The lowest BCUT2D eigenvalue weighted by molar-refractivity contribution is -0.139. The van der Waals surface area contributed by atoms with Gasteiger partial charge in [0.25, 0.3) is 11.5 Å². The first-order valence-corrected chi connectivity index (χ1v) is 17.5. The highest BCUT2D eigenvalue weighted by atomic mass is 28.3. The fourth-order valence-corrected chi connectivity index (χ4v) is 5.02. The molecule has 234 valence electrons. The van der Waals surface area contributed by atoms with Gasteiger partial charge >= 0.3 is 6.18 Å². The summed E-state index contributed by atoms with van der Waals surface area (Å²) < 4.78 is 47.5. The minimum Gasteiger partial charge on any atom is -0.386 e. The molecule has 0 aromatic carbocycles. The number of halogens is 3. The molecule has 1 N–H and O–H groups in total. The van der Waals surface area contributed by atoms with Gasteiger partial charge in [0.2, 0.25) is 0 Å². The molecule has 1 amide bonds. The third kappa shape index (κ3) is 9.78. The number of pyridine rings is 1. The van der Waals surface area contributed by atoms with Crippen LogP contribution in [-0.4, -0.2) is 84.8 Å². The molecule has 1 unspecified atom stereocenters. The second kappa shape index (κ2) is 14.5. The first-order valence-electron chi connectivity index (χ1n) is 13.8. The second-order valence-corrected chi connectivity index (χ2v) is 17.1. The zero-order valence-electron chi connectivity index (χ0n) is 24.9. The summed E-state index contributed by atoms with van der Waals surface area (Å²) in [5.74, 6) is 0.421. The van der Waals surface area contributed by atoms with Crippen LogP contribution in [0.3, 0.4) is 0 Å². The second-order valence-electron chi connectivity index (χ2n) is 11.4. The number of carbonyl (C=O) groups is 1. The highest BCUT2D eigenvalue weighted by molar-refractivity contribution is 6.76. The summed E-state index contributed by atoms with van der Waals surface area (Å²) in [5.41, 5.74) is -2.75. The van der Waals surface area contributed by atoms with Crippen LogP contribution in [0.2, 0.25) is 25.7 Å². The quantitative estimate of drug-likeness (QED) is 0.163. The summed E-state index contributed by atoms with van der Waals surface area (Å²) in [6, 6.07) is 5.34. The molecule has 16 heteroatoms. The van der Waals surface area contributed by atoms with Crippen molar-refractivity contribution in [1.29, 1.82) is 5.26 Å². The van der Waals surface area contributed by atoms with Gasteiger partial charge in [-0.15, -0.1) is 0 Å². The van der Waals surface area contributed by atoms with Gasteiger partial charge in [0.1, 0.15) is 24.2 Å². The van der Waals surface area contributed by atoms with Crippen LogP contribution in [0.5, 0.6) is 0 Å². The summed E-state index contributed by atoms with van der Waals surface area (Å²) in [6.45, 7) is 10.9. The van der Waals surface area contributed by atoms with Crippen LogP contribution in [0.4, 0.5) is 24.7 Å². The number of nitrogens with one attached hydrogen (secondary N) is 1. The summed E-state index contributed by atoms with van der Waals surface area (Å²) in [5, 5.41) is 19.1. The topological polar surface area (TPSA) is 138 Å². The first kappa shape index (κ1) is 33.5. The number of oxime groups is 1. The molecular formula is C27H37F3N8O4Si. The maximum absolute atomic E-state index is 13.8. The van der Waals surface area contributed by atoms with Gasteiger partial charge in [-0.05, 0) is 32.0 Å². The van der Waals surface area contributed by atoms with E-state index in [0.29, 0.717) is 42.3 Å². The molecule has 0 bridgehead atoms. The average Bonchev–Trinajstić information content (AvgIpc) is 2.93. The standard InChI is InChI=1S/C27H37F3N8O4Si/c1-19(35-22-15-33-38(18-41-10-11-43(3,4)5)26(40)25(22)27(28,29)30)13-34-42-17-24(39)37-9-8-36(16-20(37)2)23-7-6-21(12-31)14-32-23/h6-7,13-15,19-20,35H,8-11,16-18H2,1-5H3/b34-13+/t19?,20-/m1/s1. The number of hydrogen-bond donors (Lipinski definition) is 1. The predicted octanol–water partition coefficient (Wildman–Crippen LogP) is 3.38. The number of nitrogens with zero attached hydrogens (tertiary/aromatic N) is 7. The van der Waals surface area contributed by atoms with Gasteiger partial charge < -0.3 is 24.7 Å². The van der Waals surface area contributed by atoms with Crippen LogP contribution in [0.1, 0.15) is 25.0 Å². The Balaban J connectivity index is 1.52. The molecule has 12 nitrogen and oxygen atoms in total. The number of anilines is 2. The fourth-order valence-electron chi connectivity index (χ4n) is 4.26. The largest absolute Gasteiger partial charge is 0.423 e. The Morgan fingerprint density at radius 3 is 2.65 bits per heavy atom. The third-order valence-electron chi connectivity index (χ3n) is 6.62. The van der Waals surface area contributed by atoms with E-state index in [1.54, 1.807) is 17.0 Å². The van der Waals surface area contributed by atoms with Crippen molar-refractivity contribution in [3.63, 3.8) is 0 Å². The molecular weight excluding hydrogens is 585 g/mol. The summed E-state index contributed by atoms with van der Waals surface area (Å²) in [7, 11) is -1.40. The number of piperazine rings is 1. The number of carbonyl (C=O) groups excluding carboxylic acids is 1. The molecule has 1 saturated heterocycles. The van der Waals surface area contributed by atoms with Gasteiger partial charge in [0.05, 0.1) is 29.7 Å². The highest BCUT2D eigenvalue weighted by Gasteiger charge is 2.38. The average molecular weight is 623 g/mol. The van der Waals surface area contributed by atoms with E-state index in [4.69, 9.17) is 14.8 Å². The molecule has 0 aliphatic carbocycles. The fraction of sp³-hybridized carbons (Fsp3) is 0.556. The lowest BCUT2D eigenvalue weighted by Gasteiger charge is -2.40. The van der Waals surface area contributed by atoms with Gasteiger partial charge in [-0.1, -0.05) is 24.8 Å². The Labute approximate surface area is 249 Å². The number of ether oxygens (including phenoxy) is 1. The Kier molecular flexibility index (Phi) is 11.3. The van der Waals surface area contributed by atoms with Crippen LogP contribution in [-0.2, 0) is 27.3 Å². The SMILES string of the molecule is CC(/C=N/OCC(=O)N1CCN(c2ccc(C#N)cn2)C[C@H]1C)Nc1cnn(COCC[Si](C)(C)C)c(=O)c1C(F)(F)F. The van der Waals surface area contributed by atoms with Crippen LogP contribution in [0.15, 0.2) is 34.5 Å². The minimum absolute atomic E-state index is 0.145. The van der Waals surface area contributed by atoms with Crippen molar-refractivity contribution >= 4 is 31.7 Å². The highest BCUT2D eigenvalue weighted by Crippen LogP contribution is 2.32. The number of amides is 1. The number of aromatic nitrogens is 3. The van der Waals surface area contributed by atoms with E-state index in [-0.39, 0.29) is 25.3 Å². The number of alkyl halides is 3. The van der Waals surface area contributed by atoms with Crippen molar-refractivity contribution in [2.24, 2.45) is 5.16 Å². The van der Waals surface area contributed by atoms with E-state index in [0.717, 1.165) is 12.2 Å². The number of hydrogen-bond acceptors (Lipinski definition) is 10. The van der Waals surface area contributed by atoms with Crippen LogP contribution < -0.4 is 15.8 Å². The van der Waals surface area contributed by atoms with Crippen LogP contribution in [0, 0.1) is 11.3 Å². The van der Waals surface area contributed by atoms with Crippen molar-refractivity contribution in [3.05, 3.63) is 46.0 Å². The molecule has 0 spiro atoms. The molecule has 2 aromatic heterocycles. The Hall–Kier alpha value is -3.97. The summed E-state index contributed by atoms with van der Waals surface area (Å²) in [6.07, 6.45) is -1.32. The Morgan fingerprint density at radius 1 is 1.30 bits per heavy atom. The molecule has 43 heavy (non-hydrogen) atoms. The molecule has 1 aliphatic rings. The van der Waals surface area contributed by atoms with Crippen LogP contribution in [0.25, 0.3) is 0 Å². The Morgan fingerprint density at radius 2 is 2.05 bits per heavy atom. The van der Waals surface area contributed by atoms with E-state index in [1.807, 2.05) is 17.9 Å². The maximum atomic E-state index is 13.8. The smallest absolute Gasteiger partial charge is 0.386 e. The van der Waals surface area contributed by atoms with Gasteiger partial charge in [0, 0.05) is 46.6 Å². The molecule has 0 radical (unpaired) electrons. The predicted molar refractivity (Wildman–Crippen MR) is 157 cm³/mol. The van der Waals surface area contributed by atoms with E-state index < -0.39 is 37.1 Å². The van der Waals surface area contributed by atoms with Gasteiger partial charge in [-0.2, -0.15) is 23.5 Å². The maximum Gasteiger partial charge on any atom is 0.423 e. The zero-order chi connectivity index (χ0) is 31.8. The molecule has 3 rings (SSSR count). The summed E-state index contributed by atoms with van der Waals surface area (Å²) in [4.78, 5) is 38.4. The van der Waals surface area contributed by atoms with Crippen molar-refractivity contribution in [2.75, 3.05) is 43.1 Å². The lowest BCUT2D eigenvalue weighted by Crippen LogP contribution is -2.55. The zero-order valence-corrected chi connectivity index (χ0v) is 25.9. The van der Waals surface area contributed by atoms with Crippen LogP contribution >= 0.6 is 0 Å². The van der Waals surface area contributed by atoms with E-state index >= 15 is 0 Å². The lowest BCUT2D eigenvalue weighted by atomic mass is 10.2.